The van der Waals surface area contributed by atoms with E-state index in [0.29, 0.717) is 35.2 Å². The van der Waals surface area contributed by atoms with Crippen LogP contribution in [-0.2, 0) is 6.18 Å². The second-order valence-corrected chi connectivity index (χ2v) is 9.26. The van der Waals surface area contributed by atoms with Crippen molar-refractivity contribution in [2.24, 2.45) is 0 Å². The molecule has 12 heteroatoms. The number of benzene rings is 1. The largest absolute Gasteiger partial charge is 0.451 e. The topological polar surface area (TPSA) is 103 Å². The van der Waals surface area contributed by atoms with E-state index in [1.54, 1.807) is 24.3 Å². The molecular formula is C25H28ClF3N6O2. The van der Waals surface area contributed by atoms with Crippen LogP contribution >= 0.6 is 11.6 Å². The fourth-order valence-corrected chi connectivity index (χ4v) is 4.67. The fraction of sp³-hybridized carbons (Fsp3) is 0.440. The van der Waals surface area contributed by atoms with Gasteiger partial charge in [0, 0.05) is 43.0 Å². The predicted octanol–water partition coefficient (Wildman–Crippen LogP) is 4.45. The molecule has 1 aliphatic heterocycles. The Kier molecular flexibility index (Phi) is 8.78. The molecule has 8 nitrogen and oxygen atoms in total. The summed E-state index contributed by atoms with van der Waals surface area (Å²) in [4.78, 5) is 27.0. The Morgan fingerprint density at radius 1 is 1.11 bits per heavy atom. The predicted molar refractivity (Wildman–Crippen MR) is 134 cm³/mol. The molecule has 0 saturated carbocycles. The van der Waals surface area contributed by atoms with Crippen LogP contribution in [0.25, 0.3) is 10.9 Å². The van der Waals surface area contributed by atoms with Crippen LogP contribution in [0.5, 0.6) is 0 Å². The first kappa shape index (κ1) is 27.0. The summed E-state index contributed by atoms with van der Waals surface area (Å²) in [6, 6.07) is 6.44. The second kappa shape index (κ2) is 12.0. The number of rotatable bonds is 9. The first-order valence-electron chi connectivity index (χ1n) is 12.1. The first-order chi connectivity index (χ1) is 17.8. The van der Waals surface area contributed by atoms with Crippen LogP contribution in [0, 0.1) is 0 Å². The average Bonchev–Trinajstić information content (AvgIpc) is 2.89. The number of nitrogens with zero attached hydrogens (tertiary/aromatic N) is 4. The molecule has 1 aliphatic rings. The van der Waals surface area contributed by atoms with Crippen LogP contribution in [0.3, 0.4) is 0 Å². The minimum atomic E-state index is -4.62. The minimum Gasteiger partial charge on any atom is -0.396 e. The third kappa shape index (κ3) is 6.65. The van der Waals surface area contributed by atoms with Crippen molar-refractivity contribution in [3.05, 3.63) is 58.6 Å². The highest BCUT2D eigenvalue weighted by atomic mass is 35.5. The maximum absolute atomic E-state index is 13.3. The Balaban J connectivity index is 1.55. The molecular weight excluding hydrogens is 509 g/mol. The highest BCUT2D eigenvalue weighted by molar-refractivity contribution is 6.35. The number of halogens is 4. The highest BCUT2D eigenvalue weighted by Gasteiger charge is 2.35. The fourth-order valence-electron chi connectivity index (χ4n) is 4.42. The van der Waals surface area contributed by atoms with Crippen molar-refractivity contribution < 1.29 is 23.1 Å². The summed E-state index contributed by atoms with van der Waals surface area (Å²) < 4.78 is 38.9. The quantitative estimate of drug-likeness (QED) is 0.347. The molecule has 2 aromatic heterocycles. The monoisotopic (exact) mass is 536 g/mol. The molecule has 37 heavy (non-hydrogen) atoms. The number of anilines is 1. The molecule has 3 N–H and O–H groups in total. The van der Waals surface area contributed by atoms with Gasteiger partial charge in [0.25, 0.3) is 5.91 Å². The molecule has 0 aliphatic carbocycles. The molecule has 1 amide bonds. The number of carbonyl (C=O) groups excluding carboxylic acids is 1. The zero-order chi connectivity index (χ0) is 26.4. The van der Waals surface area contributed by atoms with E-state index in [1.165, 1.54) is 12.4 Å². The number of aromatic nitrogens is 3. The van der Waals surface area contributed by atoms with Crippen LogP contribution in [0.1, 0.15) is 53.5 Å². The molecule has 0 radical (unpaired) electrons. The lowest BCUT2D eigenvalue weighted by Crippen LogP contribution is -2.41. The Morgan fingerprint density at radius 2 is 1.84 bits per heavy atom. The van der Waals surface area contributed by atoms with E-state index in [9.17, 15) is 18.0 Å². The van der Waals surface area contributed by atoms with Gasteiger partial charge in [-0.15, -0.1) is 0 Å². The van der Waals surface area contributed by atoms with E-state index >= 15 is 0 Å². The van der Waals surface area contributed by atoms with Crippen molar-refractivity contribution in [3.8, 4) is 0 Å². The van der Waals surface area contributed by atoms with E-state index in [4.69, 9.17) is 16.7 Å². The Labute approximate surface area is 217 Å². The third-order valence-electron chi connectivity index (χ3n) is 6.29. The van der Waals surface area contributed by atoms with Crippen molar-refractivity contribution in [2.75, 3.05) is 38.1 Å². The summed E-state index contributed by atoms with van der Waals surface area (Å²) >= 11 is 6.41. The first-order valence-corrected chi connectivity index (χ1v) is 12.5. The van der Waals surface area contributed by atoms with E-state index < -0.39 is 17.9 Å². The number of piperidine rings is 1. The number of carbonyl (C=O) groups is 1. The molecule has 3 heterocycles. The van der Waals surface area contributed by atoms with Gasteiger partial charge in [-0.2, -0.15) is 13.2 Å². The summed E-state index contributed by atoms with van der Waals surface area (Å²) in [5.74, 6) is -0.992. The summed E-state index contributed by atoms with van der Waals surface area (Å²) in [5, 5.41) is 15.8. The number of aliphatic hydroxyl groups excluding tert-OH is 1. The van der Waals surface area contributed by atoms with Crippen molar-refractivity contribution in [2.45, 2.75) is 37.9 Å². The number of fused-ring (bicyclic) bond motifs is 1. The molecule has 1 unspecified atom stereocenters. The summed E-state index contributed by atoms with van der Waals surface area (Å²) in [6.45, 7) is 2.28. The van der Waals surface area contributed by atoms with Crippen LogP contribution in [0.15, 0.2) is 36.7 Å². The SMILES string of the molecule is O=C(NCC(c1cnc(C(F)(F)F)nc1)N1CCCCC1)c1c(Cl)ccc2nc(NCCCO)ccc12. The van der Waals surface area contributed by atoms with Crippen LogP contribution in [0.2, 0.25) is 5.02 Å². The van der Waals surface area contributed by atoms with Gasteiger partial charge in [0.2, 0.25) is 5.82 Å². The molecule has 0 bridgehead atoms. The van der Waals surface area contributed by atoms with E-state index in [-0.39, 0.29) is 29.8 Å². The molecule has 3 aromatic rings. The Morgan fingerprint density at radius 3 is 2.51 bits per heavy atom. The van der Waals surface area contributed by atoms with Gasteiger partial charge in [-0.25, -0.2) is 15.0 Å². The summed E-state index contributed by atoms with van der Waals surface area (Å²) in [6.07, 6.45) is 1.32. The number of nitrogens with one attached hydrogen (secondary N) is 2. The van der Waals surface area contributed by atoms with Crippen LogP contribution in [0.4, 0.5) is 19.0 Å². The van der Waals surface area contributed by atoms with Gasteiger partial charge < -0.3 is 15.7 Å². The van der Waals surface area contributed by atoms with E-state index in [0.717, 1.165) is 32.4 Å². The van der Waals surface area contributed by atoms with Gasteiger partial charge in [0.15, 0.2) is 0 Å². The summed E-state index contributed by atoms with van der Waals surface area (Å²) in [7, 11) is 0. The van der Waals surface area contributed by atoms with Gasteiger partial charge in [-0.05, 0) is 56.6 Å². The molecule has 1 saturated heterocycles. The number of hydrogen-bond acceptors (Lipinski definition) is 7. The van der Waals surface area contributed by atoms with Gasteiger partial charge in [0.05, 0.1) is 22.1 Å². The Hall–Kier alpha value is -3.02. The van der Waals surface area contributed by atoms with E-state index in [1.807, 2.05) is 0 Å². The van der Waals surface area contributed by atoms with Crippen LogP contribution < -0.4 is 10.6 Å². The zero-order valence-corrected chi connectivity index (χ0v) is 20.8. The molecule has 1 aromatic carbocycles. The normalized spacial score (nSPS) is 15.5. The summed E-state index contributed by atoms with van der Waals surface area (Å²) in [5.41, 5.74) is 1.35. The maximum Gasteiger partial charge on any atom is 0.451 e. The number of likely N-dealkylation sites (tertiary alicyclic amines) is 1. The number of hydrogen-bond donors (Lipinski definition) is 3. The number of pyridine rings is 1. The average molecular weight is 537 g/mol. The lowest BCUT2D eigenvalue weighted by molar-refractivity contribution is -0.145. The molecule has 4 rings (SSSR count). The molecule has 1 atom stereocenters. The molecule has 1 fully saturated rings. The van der Waals surface area contributed by atoms with Crippen molar-refractivity contribution in [3.63, 3.8) is 0 Å². The van der Waals surface area contributed by atoms with Gasteiger partial charge in [-0.1, -0.05) is 18.0 Å². The van der Waals surface area contributed by atoms with E-state index in [2.05, 4.69) is 30.5 Å². The van der Waals surface area contributed by atoms with Gasteiger partial charge >= 0.3 is 6.18 Å². The second-order valence-electron chi connectivity index (χ2n) is 8.85. The molecule has 0 spiro atoms. The smallest absolute Gasteiger partial charge is 0.396 e. The zero-order valence-electron chi connectivity index (χ0n) is 20.1. The van der Waals surface area contributed by atoms with Crippen molar-refractivity contribution in [1.82, 2.24) is 25.2 Å². The third-order valence-corrected chi connectivity index (χ3v) is 6.60. The highest BCUT2D eigenvalue weighted by Crippen LogP contribution is 2.29. The number of aliphatic hydroxyl groups is 1. The van der Waals surface area contributed by atoms with Crippen LogP contribution in [-0.4, -0.2) is 63.7 Å². The van der Waals surface area contributed by atoms with Gasteiger partial charge in [0.1, 0.15) is 5.82 Å². The number of alkyl halides is 3. The molecule has 198 valence electrons. The Bertz CT molecular complexity index is 1220. The standard InChI is InChI=1S/C25H28ClF3N6O2/c26-18-6-7-19-17(5-8-21(34-19)30-9-4-12-36)22(18)23(37)31-15-20(35-10-2-1-3-11-35)16-13-32-24(33-14-16)25(27,28)29/h5-8,13-14,20,36H,1-4,9-12,15H2,(H,30,34)(H,31,37). The lowest BCUT2D eigenvalue weighted by atomic mass is 10.0. The lowest BCUT2D eigenvalue weighted by Gasteiger charge is -2.34. The minimum absolute atomic E-state index is 0.0670. The van der Waals surface area contributed by atoms with Gasteiger partial charge in [-0.3, -0.25) is 9.69 Å². The van der Waals surface area contributed by atoms with Crippen molar-refractivity contribution >= 4 is 34.2 Å². The maximum atomic E-state index is 13.3. The number of amides is 1. The van der Waals surface area contributed by atoms with Crippen molar-refractivity contribution in [1.29, 1.82) is 0 Å².